The second kappa shape index (κ2) is 12.6. The molecule has 3 heterocycles. The molecular formula is C28H36Cl2N2O3S. The van der Waals surface area contributed by atoms with Gasteiger partial charge in [0.2, 0.25) is 12.2 Å². The Balaban J connectivity index is 1.14. The Labute approximate surface area is 228 Å². The summed E-state index contributed by atoms with van der Waals surface area (Å²) < 4.78 is 12.5. The molecule has 3 fully saturated rings. The van der Waals surface area contributed by atoms with Crippen LogP contribution in [0.2, 0.25) is 10.0 Å². The van der Waals surface area contributed by atoms with Gasteiger partial charge in [0.1, 0.15) is 5.69 Å². The summed E-state index contributed by atoms with van der Waals surface area (Å²) in [6, 6.07) is 5.27. The standard InChI is InChI=1S/C28H36Cl2N2O3S/c29-23-8-9-24(30)22(14-23)15-26(33)32-12-10-19(11-13-32)27-31-25(18-36-27)28-34-16-20-6-4-2-1-3-5-7-21(20)17-35-28/h8-9,14,18-21,28H,1-7,10-13,15-17H2. The lowest BCUT2D eigenvalue weighted by molar-refractivity contribution is -0.136. The number of piperidine rings is 1. The molecule has 2 unspecified atom stereocenters. The van der Waals surface area contributed by atoms with Crippen molar-refractivity contribution in [3.63, 3.8) is 0 Å². The largest absolute Gasteiger partial charge is 0.347 e. The Morgan fingerprint density at radius 2 is 1.64 bits per heavy atom. The van der Waals surface area contributed by atoms with Crippen molar-refractivity contribution in [2.75, 3.05) is 26.3 Å². The molecule has 1 aromatic carbocycles. The smallest absolute Gasteiger partial charge is 0.227 e. The summed E-state index contributed by atoms with van der Waals surface area (Å²) in [5.74, 6) is 1.68. The Hall–Kier alpha value is -1.18. The van der Waals surface area contributed by atoms with Gasteiger partial charge >= 0.3 is 0 Å². The number of carbonyl (C=O) groups excluding carboxylic acids is 1. The van der Waals surface area contributed by atoms with Gasteiger partial charge in [-0.2, -0.15) is 0 Å². The van der Waals surface area contributed by atoms with Crippen molar-refractivity contribution in [2.45, 2.75) is 76.4 Å². The zero-order valence-electron chi connectivity index (χ0n) is 20.8. The number of amides is 1. The summed E-state index contributed by atoms with van der Waals surface area (Å²) >= 11 is 14.0. The Bertz CT molecular complexity index is 1010. The van der Waals surface area contributed by atoms with Gasteiger partial charge in [0.15, 0.2) is 0 Å². The first-order valence-corrected chi connectivity index (χ1v) is 15.1. The molecule has 2 aliphatic heterocycles. The molecule has 36 heavy (non-hydrogen) atoms. The van der Waals surface area contributed by atoms with Crippen molar-refractivity contribution in [3.05, 3.63) is 49.9 Å². The van der Waals surface area contributed by atoms with E-state index in [2.05, 4.69) is 5.38 Å². The third-order valence-corrected chi connectivity index (χ3v) is 9.70. The average Bonchev–Trinajstić information content (AvgIpc) is 3.33. The normalized spacial score (nSPS) is 26.4. The lowest BCUT2D eigenvalue weighted by atomic mass is 9.86. The number of nitrogens with zero attached hydrogens (tertiary/aromatic N) is 2. The lowest BCUT2D eigenvalue weighted by Crippen LogP contribution is -2.38. The maximum atomic E-state index is 12.9. The van der Waals surface area contributed by atoms with Crippen molar-refractivity contribution < 1.29 is 14.3 Å². The van der Waals surface area contributed by atoms with Gasteiger partial charge in [-0.25, -0.2) is 4.98 Å². The van der Waals surface area contributed by atoms with E-state index < -0.39 is 0 Å². The van der Waals surface area contributed by atoms with Crippen molar-refractivity contribution in [1.82, 2.24) is 9.88 Å². The summed E-state index contributed by atoms with van der Waals surface area (Å²) in [6.07, 6.45) is 11.0. The van der Waals surface area contributed by atoms with Crippen LogP contribution >= 0.6 is 34.5 Å². The zero-order valence-corrected chi connectivity index (χ0v) is 23.1. The molecule has 5 nitrogen and oxygen atoms in total. The first kappa shape index (κ1) is 26.4. The Kier molecular flexibility index (Phi) is 9.23. The van der Waals surface area contributed by atoms with E-state index in [4.69, 9.17) is 37.7 Å². The topological polar surface area (TPSA) is 51.7 Å². The van der Waals surface area contributed by atoms with Crippen LogP contribution in [0.3, 0.4) is 0 Å². The lowest BCUT2D eigenvalue weighted by Gasteiger charge is -2.31. The minimum Gasteiger partial charge on any atom is -0.347 e. The van der Waals surface area contributed by atoms with E-state index in [1.807, 2.05) is 4.90 Å². The van der Waals surface area contributed by atoms with E-state index in [9.17, 15) is 4.79 Å². The number of hydrogen-bond acceptors (Lipinski definition) is 5. The van der Waals surface area contributed by atoms with Crippen LogP contribution in [0.15, 0.2) is 23.6 Å². The maximum absolute atomic E-state index is 12.9. The Morgan fingerprint density at radius 3 is 2.33 bits per heavy atom. The van der Waals surface area contributed by atoms with Crippen LogP contribution in [0.1, 0.15) is 86.3 Å². The van der Waals surface area contributed by atoms with Crippen LogP contribution in [-0.4, -0.2) is 42.1 Å². The SMILES string of the molecule is O=C(Cc1cc(Cl)ccc1Cl)N1CCC(c2nc(C3OCC4CCCCCCCC4CO3)cs2)CC1. The molecule has 0 bridgehead atoms. The minimum atomic E-state index is -0.352. The molecule has 1 aliphatic carbocycles. The first-order chi connectivity index (χ1) is 17.6. The number of ether oxygens (including phenoxy) is 2. The number of carbonyl (C=O) groups is 1. The fraction of sp³-hybridized carbons (Fsp3) is 0.643. The molecular weight excluding hydrogens is 515 g/mol. The molecule has 0 radical (unpaired) electrons. The summed E-state index contributed by atoms with van der Waals surface area (Å²) in [4.78, 5) is 19.8. The summed E-state index contributed by atoms with van der Waals surface area (Å²) in [7, 11) is 0. The number of benzene rings is 1. The number of rotatable bonds is 4. The molecule has 2 atom stereocenters. The predicted octanol–water partition coefficient (Wildman–Crippen LogP) is 7.42. The molecule has 5 rings (SSSR count). The van der Waals surface area contributed by atoms with E-state index >= 15 is 0 Å². The quantitative estimate of drug-likeness (QED) is 0.397. The monoisotopic (exact) mass is 550 g/mol. The van der Waals surface area contributed by atoms with Crippen molar-refractivity contribution >= 4 is 40.4 Å². The van der Waals surface area contributed by atoms with E-state index in [-0.39, 0.29) is 18.6 Å². The van der Waals surface area contributed by atoms with Gasteiger partial charge in [0.25, 0.3) is 0 Å². The number of thiazole rings is 1. The highest BCUT2D eigenvalue weighted by Gasteiger charge is 2.31. The highest BCUT2D eigenvalue weighted by molar-refractivity contribution is 7.09. The van der Waals surface area contributed by atoms with Crippen LogP contribution in [0.5, 0.6) is 0 Å². The molecule has 196 valence electrons. The van der Waals surface area contributed by atoms with Gasteiger partial charge in [-0.05, 0) is 61.3 Å². The van der Waals surface area contributed by atoms with Crippen LogP contribution in [0.4, 0.5) is 0 Å². The number of halogens is 2. The van der Waals surface area contributed by atoms with Gasteiger partial charge in [0, 0.05) is 34.4 Å². The van der Waals surface area contributed by atoms with E-state index in [1.165, 1.54) is 44.9 Å². The summed E-state index contributed by atoms with van der Waals surface area (Å²) in [6.45, 7) is 3.02. The summed E-state index contributed by atoms with van der Waals surface area (Å²) in [5, 5.41) is 4.43. The van der Waals surface area contributed by atoms with Crippen LogP contribution in [0, 0.1) is 11.8 Å². The van der Waals surface area contributed by atoms with Gasteiger partial charge in [0.05, 0.1) is 24.6 Å². The molecule has 0 spiro atoms. The van der Waals surface area contributed by atoms with Crippen LogP contribution in [0.25, 0.3) is 0 Å². The third kappa shape index (κ3) is 6.63. The molecule has 3 aliphatic rings. The third-order valence-electron chi connectivity index (χ3n) is 8.07. The van der Waals surface area contributed by atoms with E-state index in [0.29, 0.717) is 27.8 Å². The highest BCUT2D eigenvalue weighted by Crippen LogP contribution is 2.37. The van der Waals surface area contributed by atoms with E-state index in [1.54, 1.807) is 29.5 Å². The van der Waals surface area contributed by atoms with Gasteiger partial charge in [-0.15, -0.1) is 11.3 Å². The van der Waals surface area contributed by atoms with Gasteiger partial charge < -0.3 is 14.4 Å². The van der Waals surface area contributed by atoms with Crippen molar-refractivity contribution in [1.29, 1.82) is 0 Å². The first-order valence-electron chi connectivity index (χ1n) is 13.5. The summed E-state index contributed by atoms with van der Waals surface area (Å²) in [5.41, 5.74) is 1.70. The number of hydrogen-bond donors (Lipinski definition) is 0. The minimum absolute atomic E-state index is 0.0986. The van der Waals surface area contributed by atoms with Crippen molar-refractivity contribution in [2.24, 2.45) is 11.8 Å². The molecule has 1 aromatic heterocycles. The average molecular weight is 552 g/mol. The molecule has 8 heteroatoms. The maximum Gasteiger partial charge on any atom is 0.227 e. The zero-order chi connectivity index (χ0) is 24.9. The predicted molar refractivity (Wildman–Crippen MR) is 145 cm³/mol. The van der Waals surface area contributed by atoms with Crippen molar-refractivity contribution in [3.8, 4) is 0 Å². The second-order valence-corrected chi connectivity index (χ2v) is 12.3. The Morgan fingerprint density at radius 1 is 0.972 bits per heavy atom. The number of fused-ring (bicyclic) bond motifs is 1. The van der Waals surface area contributed by atoms with E-state index in [0.717, 1.165) is 55.4 Å². The molecule has 2 saturated heterocycles. The molecule has 0 N–H and O–H groups in total. The second-order valence-electron chi connectivity index (χ2n) is 10.5. The van der Waals surface area contributed by atoms with Crippen LogP contribution < -0.4 is 0 Å². The number of aromatic nitrogens is 1. The molecule has 2 aromatic rings. The number of likely N-dealkylation sites (tertiary alicyclic amines) is 1. The molecule has 1 saturated carbocycles. The van der Waals surface area contributed by atoms with Gasteiger partial charge in [-0.3, -0.25) is 4.79 Å². The van der Waals surface area contributed by atoms with Crippen LogP contribution in [-0.2, 0) is 20.7 Å². The molecule has 1 amide bonds. The highest BCUT2D eigenvalue weighted by atomic mass is 35.5. The fourth-order valence-electron chi connectivity index (χ4n) is 5.82. The fourth-order valence-corrected chi connectivity index (χ4v) is 7.19. The van der Waals surface area contributed by atoms with Gasteiger partial charge in [-0.1, -0.05) is 55.3 Å².